The van der Waals surface area contributed by atoms with Crippen molar-refractivity contribution in [3.8, 4) is 17.6 Å². The second-order valence-electron chi connectivity index (χ2n) is 7.61. The van der Waals surface area contributed by atoms with Crippen LogP contribution in [0.2, 0.25) is 0 Å². The summed E-state index contributed by atoms with van der Waals surface area (Å²) in [6, 6.07) is 8.36. The molecule has 2 heterocycles. The number of benzene rings is 1. The van der Waals surface area contributed by atoms with Gasteiger partial charge in [-0.3, -0.25) is 9.69 Å². The van der Waals surface area contributed by atoms with E-state index in [0.717, 1.165) is 69.9 Å². The highest BCUT2D eigenvalue weighted by molar-refractivity contribution is 5.97. The average molecular weight is 382 g/mol. The van der Waals surface area contributed by atoms with Crippen LogP contribution in [-0.2, 0) is 11.3 Å². The number of fused-ring (bicyclic) bond motifs is 1. The molecular formula is C21H26N4O3. The molecule has 0 radical (unpaired) electrons. The molecule has 7 heteroatoms. The van der Waals surface area contributed by atoms with Crippen molar-refractivity contribution in [3.63, 3.8) is 0 Å². The monoisotopic (exact) mass is 382 g/mol. The Labute approximate surface area is 165 Å². The van der Waals surface area contributed by atoms with E-state index in [4.69, 9.17) is 9.47 Å². The van der Waals surface area contributed by atoms with Gasteiger partial charge in [-0.2, -0.15) is 5.26 Å². The lowest BCUT2D eigenvalue weighted by Crippen LogP contribution is -2.44. The van der Waals surface area contributed by atoms with E-state index >= 15 is 0 Å². The van der Waals surface area contributed by atoms with Crippen LogP contribution < -0.4 is 14.8 Å². The van der Waals surface area contributed by atoms with Gasteiger partial charge in [-0.25, -0.2) is 0 Å². The van der Waals surface area contributed by atoms with Crippen molar-refractivity contribution in [1.29, 1.82) is 5.26 Å². The Morgan fingerprint density at radius 1 is 1.18 bits per heavy atom. The van der Waals surface area contributed by atoms with Gasteiger partial charge in [-0.1, -0.05) is 18.9 Å². The van der Waals surface area contributed by atoms with E-state index in [1.165, 1.54) is 5.56 Å². The minimum atomic E-state index is -0.239. The summed E-state index contributed by atoms with van der Waals surface area (Å²) in [6.07, 6.45) is 6.07. The molecule has 2 aliphatic heterocycles. The molecule has 3 aliphatic rings. The van der Waals surface area contributed by atoms with Crippen molar-refractivity contribution < 1.29 is 14.3 Å². The smallest absolute Gasteiger partial charge is 0.263 e. The van der Waals surface area contributed by atoms with Crippen LogP contribution in [0.1, 0.15) is 31.2 Å². The number of hydrogen-bond donors (Lipinski definition) is 1. The van der Waals surface area contributed by atoms with Crippen LogP contribution >= 0.6 is 0 Å². The number of nitrogens with one attached hydrogen (secondary N) is 1. The molecule has 1 amide bonds. The summed E-state index contributed by atoms with van der Waals surface area (Å²) < 4.78 is 10.8. The first-order valence-corrected chi connectivity index (χ1v) is 9.99. The molecule has 148 valence electrons. The summed E-state index contributed by atoms with van der Waals surface area (Å²) in [5.74, 6) is 1.38. The van der Waals surface area contributed by atoms with Gasteiger partial charge in [0.2, 0.25) is 6.79 Å². The highest BCUT2D eigenvalue weighted by Crippen LogP contribution is 2.32. The number of hydrogen-bond acceptors (Lipinski definition) is 6. The van der Waals surface area contributed by atoms with E-state index in [2.05, 4.69) is 27.3 Å². The number of carbonyl (C=O) groups excluding carboxylic acids is 1. The molecule has 1 aromatic carbocycles. The molecule has 0 unspecified atom stereocenters. The molecule has 1 saturated carbocycles. The quantitative estimate of drug-likeness (QED) is 0.620. The van der Waals surface area contributed by atoms with Gasteiger partial charge in [0.1, 0.15) is 11.6 Å². The fraction of sp³-hybridized carbons (Fsp3) is 0.524. The van der Waals surface area contributed by atoms with Crippen LogP contribution in [0.15, 0.2) is 30.0 Å². The SMILES string of the molecule is N#C/C(=C/N1CCN(Cc2ccc3c(c2)OCO3)CC1)C(=O)NC1CCCC1. The van der Waals surface area contributed by atoms with Crippen molar-refractivity contribution in [2.45, 2.75) is 38.3 Å². The molecule has 2 fully saturated rings. The highest BCUT2D eigenvalue weighted by Gasteiger charge is 2.22. The van der Waals surface area contributed by atoms with Gasteiger partial charge in [-0.15, -0.1) is 0 Å². The number of amides is 1. The Hall–Kier alpha value is -2.72. The number of rotatable bonds is 5. The predicted octanol–water partition coefficient (Wildman–Crippen LogP) is 2.00. The summed E-state index contributed by atoms with van der Waals surface area (Å²) >= 11 is 0. The third-order valence-electron chi connectivity index (χ3n) is 5.62. The lowest BCUT2D eigenvalue weighted by molar-refractivity contribution is -0.117. The fourth-order valence-electron chi connectivity index (χ4n) is 4.00. The minimum absolute atomic E-state index is 0.205. The van der Waals surface area contributed by atoms with E-state index < -0.39 is 0 Å². The van der Waals surface area contributed by atoms with Crippen LogP contribution in [0.4, 0.5) is 0 Å². The third-order valence-corrected chi connectivity index (χ3v) is 5.62. The molecule has 28 heavy (non-hydrogen) atoms. The lowest BCUT2D eigenvalue weighted by atomic mass is 10.1. The van der Waals surface area contributed by atoms with Gasteiger partial charge in [0.05, 0.1) is 0 Å². The Morgan fingerprint density at radius 2 is 1.93 bits per heavy atom. The number of carbonyl (C=O) groups is 1. The summed E-state index contributed by atoms with van der Waals surface area (Å²) in [4.78, 5) is 16.8. The van der Waals surface area contributed by atoms with Gasteiger partial charge >= 0.3 is 0 Å². The Morgan fingerprint density at radius 3 is 2.68 bits per heavy atom. The van der Waals surface area contributed by atoms with Crippen molar-refractivity contribution in [2.75, 3.05) is 33.0 Å². The van der Waals surface area contributed by atoms with Crippen LogP contribution in [-0.4, -0.2) is 54.7 Å². The fourth-order valence-corrected chi connectivity index (χ4v) is 4.00. The van der Waals surface area contributed by atoms with E-state index in [9.17, 15) is 10.1 Å². The van der Waals surface area contributed by atoms with E-state index in [1.54, 1.807) is 6.20 Å². The maximum atomic E-state index is 12.3. The first-order chi connectivity index (χ1) is 13.7. The van der Waals surface area contributed by atoms with E-state index in [0.29, 0.717) is 6.79 Å². The zero-order valence-electron chi connectivity index (χ0n) is 16.0. The van der Waals surface area contributed by atoms with Crippen LogP contribution in [0.25, 0.3) is 0 Å². The molecule has 0 spiro atoms. The lowest BCUT2D eigenvalue weighted by Gasteiger charge is -2.34. The maximum absolute atomic E-state index is 12.3. The number of nitriles is 1. The van der Waals surface area contributed by atoms with E-state index in [-0.39, 0.29) is 17.5 Å². The Bertz CT molecular complexity index is 787. The van der Waals surface area contributed by atoms with Crippen LogP contribution in [0.3, 0.4) is 0 Å². The molecular weight excluding hydrogens is 356 g/mol. The van der Waals surface area contributed by atoms with Crippen molar-refractivity contribution in [1.82, 2.24) is 15.1 Å². The highest BCUT2D eigenvalue weighted by atomic mass is 16.7. The largest absolute Gasteiger partial charge is 0.454 e. The molecule has 7 nitrogen and oxygen atoms in total. The summed E-state index contributed by atoms with van der Waals surface area (Å²) in [5, 5.41) is 12.4. The summed E-state index contributed by atoms with van der Waals surface area (Å²) in [5.41, 5.74) is 1.40. The third kappa shape index (κ3) is 4.39. The van der Waals surface area contributed by atoms with E-state index in [1.807, 2.05) is 12.1 Å². The predicted molar refractivity (Wildman–Crippen MR) is 104 cm³/mol. The first-order valence-electron chi connectivity index (χ1n) is 9.99. The van der Waals surface area contributed by atoms with Gasteiger partial charge < -0.3 is 19.7 Å². The van der Waals surface area contributed by atoms with Crippen molar-refractivity contribution in [3.05, 3.63) is 35.5 Å². The molecule has 0 atom stereocenters. The molecule has 0 aromatic heterocycles. The van der Waals surface area contributed by atoms with Crippen molar-refractivity contribution >= 4 is 5.91 Å². The van der Waals surface area contributed by atoms with Gasteiger partial charge in [0.25, 0.3) is 5.91 Å². The topological polar surface area (TPSA) is 77.8 Å². The maximum Gasteiger partial charge on any atom is 0.263 e. The van der Waals surface area contributed by atoms with Gasteiger partial charge in [0.15, 0.2) is 11.5 Å². The summed E-state index contributed by atoms with van der Waals surface area (Å²) in [6.45, 7) is 4.50. The van der Waals surface area contributed by atoms with Gasteiger partial charge in [0, 0.05) is 45.0 Å². The zero-order chi connectivity index (χ0) is 19.3. The molecule has 0 bridgehead atoms. The minimum Gasteiger partial charge on any atom is -0.454 e. The second-order valence-corrected chi connectivity index (χ2v) is 7.61. The molecule has 1 saturated heterocycles. The molecule has 1 aromatic rings. The number of piperazine rings is 1. The standard InChI is InChI=1S/C21H26N4O3/c22-12-17(21(26)23-18-3-1-2-4-18)14-25-9-7-24(8-10-25)13-16-5-6-19-20(11-16)28-15-27-19/h5-6,11,14,18H,1-4,7-10,13,15H2,(H,23,26)/b17-14-. The normalized spacial score (nSPS) is 20.2. The number of ether oxygens (including phenoxy) is 2. The Balaban J connectivity index is 1.28. The van der Waals surface area contributed by atoms with Crippen molar-refractivity contribution in [2.24, 2.45) is 0 Å². The average Bonchev–Trinajstić information content (AvgIpc) is 3.38. The molecule has 1 aliphatic carbocycles. The first kappa shape index (κ1) is 18.6. The van der Waals surface area contributed by atoms with Gasteiger partial charge in [-0.05, 0) is 30.5 Å². The van der Waals surface area contributed by atoms with Crippen LogP contribution in [0, 0.1) is 11.3 Å². The number of nitrogens with zero attached hydrogens (tertiary/aromatic N) is 3. The molecule has 1 N–H and O–H groups in total. The zero-order valence-corrected chi connectivity index (χ0v) is 16.0. The van der Waals surface area contributed by atoms with Crippen LogP contribution in [0.5, 0.6) is 11.5 Å². The molecule has 4 rings (SSSR count). The summed E-state index contributed by atoms with van der Waals surface area (Å²) in [7, 11) is 0. The second kappa shape index (κ2) is 8.53. The Kier molecular flexibility index (Phi) is 5.68.